The summed E-state index contributed by atoms with van der Waals surface area (Å²) in [7, 11) is -0.892. The molecule has 0 aliphatic heterocycles. The zero-order valence-electron chi connectivity index (χ0n) is 31.0. The molecule has 0 bridgehead atoms. The summed E-state index contributed by atoms with van der Waals surface area (Å²) >= 11 is 0. The van der Waals surface area contributed by atoms with Gasteiger partial charge in [0.2, 0.25) is 0 Å². The molecule has 2 aliphatic rings. The van der Waals surface area contributed by atoms with Crippen LogP contribution < -0.4 is 31.8 Å². The smallest absolute Gasteiger partial charge is 0.366 e. The maximum Gasteiger partial charge on any atom is 2.00 e. The minimum atomic E-state index is -0.446. The minimum Gasteiger partial charge on any atom is -0.366 e. The number of hydrogen-bond donors (Lipinski definition) is 0. The van der Waals surface area contributed by atoms with Crippen molar-refractivity contribution in [3.63, 3.8) is 0 Å². The fourth-order valence-corrected chi connectivity index (χ4v) is 10.6. The Kier molecular flexibility index (Phi) is 18.0. The Balaban J connectivity index is 0.000000151. The molecular weight excluding hydrogens is 800 g/mol. The average molecular weight is 842 g/mol. The van der Waals surface area contributed by atoms with E-state index in [4.69, 9.17) is 6.42 Å². The molecule has 9 rings (SSSR count). The van der Waals surface area contributed by atoms with Crippen LogP contribution in [0.15, 0.2) is 237 Å². The molecule has 0 saturated heterocycles. The molecule has 1 saturated carbocycles. The van der Waals surface area contributed by atoms with Gasteiger partial charge in [-0.3, -0.25) is 5.92 Å². The maximum absolute atomic E-state index is 6.69. The number of benzene rings is 7. The first-order valence-electron chi connectivity index (χ1n) is 18.3. The zero-order valence-corrected chi connectivity index (χ0v) is 34.5. The van der Waals surface area contributed by atoms with Crippen molar-refractivity contribution in [3.05, 3.63) is 280 Å². The molecular formula is C53H42P2Ru+. The summed E-state index contributed by atoms with van der Waals surface area (Å²) in [5, 5.41) is 8.39. The van der Waals surface area contributed by atoms with Gasteiger partial charge in [-0.15, -0.1) is 17.7 Å². The molecule has 3 heteroatoms. The van der Waals surface area contributed by atoms with E-state index in [9.17, 15) is 0 Å². The first-order chi connectivity index (χ1) is 27.3. The molecule has 0 nitrogen and oxygen atoms in total. The van der Waals surface area contributed by atoms with Gasteiger partial charge in [-0.05, 0) is 66.9 Å². The van der Waals surface area contributed by atoms with Gasteiger partial charge in [-0.2, -0.15) is 0 Å². The molecule has 1 fully saturated rings. The normalized spacial score (nSPS) is 12.7. The third-order valence-corrected chi connectivity index (χ3v) is 13.4. The first-order valence-corrected chi connectivity index (χ1v) is 21.0. The van der Waals surface area contributed by atoms with Crippen LogP contribution in [0.4, 0.5) is 0 Å². The van der Waals surface area contributed by atoms with Gasteiger partial charge in [0, 0.05) is 11.8 Å². The van der Waals surface area contributed by atoms with E-state index in [-0.39, 0.29) is 19.5 Å². The fraction of sp³-hybridized carbons (Fsp3) is 0. The van der Waals surface area contributed by atoms with Crippen molar-refractivity contribution in [2.45, 2.75) is 0 Å². The molecule has 2 aliphatic carbocycles. The molecule has 0 unspecified atom stereocenters. The van der Waals surface area contributed by atoms with E-state index >= 15 is 0 Å². The Bertz CT molecular complexity index is 1860. The van der Waals surface area contributed by atoms with Crippen LogP contribution in [0.3, 0.4) is 0 Å². The largest absolute Gasteiger partial charge is 2.00 e. The Morgan fingerprint density at radius 2 is 0.554 bits per heavy atom. The summed E-state index contributed by atoms with van der Waals surface area (Å²) < 4.78 is 0. The second-order valence-electron chi connectivity index (χ2n) is 12.3. The maximum atomic E-state index is 6.69. The van der Waals surface area contributed by atoms with Gasteiger partial charge < -0.3 is 6.42 Å². The summed E-state index contributed by atoms with van der Waals surface area (Å²) in [4.78, 5) is 0. The van der Waals surface area contributed by atoms with Gasteiger partial charge in [-0.25, -0.2) is 0 Å². The van der Waals surface area contributed by atoms with Crippen molar-refractivity contribution in [1.29, 1.82) is 0 Å². The van der Waals surface area contributed by atoms with E-state index in [0.717, 1.165) is 5.56 Å². The standard InChI is InChI=1S/2C18H15P.C9H7.C8H5.Ru/c2*1-4-10-16(11-5-1)19(17-12-6-2-7-13-17)18-14-8-3-9-15-18;1-2-5-9-7-3-6-8(9)4-1;1-2-8-6-4-3-5-7-8;/h2*1-15H;1-7H;3-7H;/q;;;-1;+2. The first kappa shape index (κ1) is 42.2. The van der Waals surface area contributed by atoms with Crippen LogP contribution in [0, 0.1) is 43.4 Å². The molecule has 0 aromatic heterocycles. The van der Waals surface area contributed by atoms with Crippen LogP contribution in [0.25, 0.3) is 0 Å². The topological polar surface area (TPSA) is 0 Å². The molecule has 0 N–H and O–H groups in total. The van der Waals surface area contributed by atoms with Crippen LogP contribution in [0.2, 0.25) is 0 Å². The average Bonchev–Trinajstić information content (AvgIpc) is 3.77. The summed E-state index contributed by atoms with van der Waals surface area (Å²) in [6.07, 6.45) is 21.4. The molecule has 0 amide bonds. The number of hydrogen-bond acceptors (Lipinski definition) is 0. The molecule has 7 aromatic rings. The van der Waals surface area contributed by atoms with Gasteiger partial charge in [0.05, 0.1) is 0 Å². The van der Waals surface area contributed by atoms with Crippen molar-refractivity contribution in [1.82, 2.24) is 0 Å². The summed E-state index contributed by atoms with van der Waals surface area (Å²) in [6, 6.07) is 74.0. The summed E-state index contributed by atoms with van der Waals surface area (Å²) in [5.41, 5.74) is 0.826. The molecule has 56 heavy (non-hydrogen) atoms. The van der Waals surface area contributed by atoms with Crippen molar-refractivity contribution in [2.75, 3.05) is 0 Å². The molecule has 271 valence electrons. The Labute approximate surface area is 350 Å². The van der Waals surface area contributed by atoms with Crippen LogP contribution in [0.1, 0.15) is 5.56 Å². The monoisotopic (exact) mass is 842 g/mol. The van der Waals surface area contributed by atoms with Gasteiger partial charge in [-0.1, -0.05) is 224 Å². The van der Waals surface area contributed by atoms with Gasteiger partial charge in [0.15, 0.2) is 0 Å². The predicted molar refractivity (Wildman–Crippen MR) is 241 cm³/mol. The minimum absolute atomic E-state index is 0. The van der Waals surface area contributed by atoms with Crippen LogP contribution in [-0.2, 0) is 19.5 Å². The Morgan fingerprint density at radius 1 is 0.321 bits per heavy atom. The molecule has 0 spiro atoms. The van der Waals surface area contributed by atoms with Crippen LogP contribution in [-0.4, -0.2) is 0 Å². The number of allylic oxidation sites excluding steroid dienone is 4. The van der Waals surface area contributed by atoms with Crippen molar-refractivity contribution in [2.24, 2.45) is 0 Å². The van der Waals surface area contributed by atoms with Gasteiger partial charge in [0.1, 0.15) is 0 Å². The van der Waals surface area contributed by atoms with E-state index in [1.54, 1.807) is 0 Å². The number of fused-ring (bicyclic) bond motifs is 1. The summed E-state index contributed by atoms with van der Waals surface area (Å²) in [6.45, 7) is 0. The molecule has 7 aromatic carbocycles. The van der Waals surface area contributed by atoms with Crippen LogP contribution in [0.5, 0.6) is 0 Å². The third kappa shape index (κ3) is 12.8. The Morgan fingerprint density at radius 3 is 0.768 bits per heavy atom. The predicted octanol–water partition coefficient (Wildman–Crippen LogP) is 10.4. The van der Waals surface area contributed by atoms with E-state index in [2.05, 4.69) is 231 Å². The van der Waals surface area contributed by atoms with Crippen LogP contribution >= 0.6 is 15.8 Å². The second kappa shape index (κ2) is 23.9. The van der Waals surface area contributed by atoms with E-state index in [1.807, 2.05) is 30.3 Å². The third-order valence-electron chi connectivity index (χ3n) is 8.55. The zero-order chi connectivity index (χ0) is 37.8. The van der Waals surface area contributed by atoms with E-state index in [1.165, 1.54) is 43.7 Å². The SMILES string of the molecule is [C-]#Cc1ccccc1.[CH]1[CH][C]2C=CC=C[C]2[CH]1.[Ru+2].c1ccc(P(c2ccccc2)c2ccccc2)cc1.c1ccc(P(c2ccccc2)c2ccccc2)cc1. The quantitative estimate of drug-likeness (QED) is 0.0677. The number of rotatable bonds is 6. The van der Waals surface area contributed by atoms with Crippen molar-refractivity contribution >= 4 is 47.7 Å². The Hall–Kier alpha value is -4.94. The molecule has 0 atom stereocenters. The van der Waals surface area contributed by atoms with Crippen molar-refractivity contribution < 1.29 is 19.5 Å². The second-order valence-corrected chi connectivity index (χ2v) is 16.8. The fourth-order valence-electron chi connectivity index (χ4n) is 5.95. The van der Waals surface area contributed by atoms with E-state index in [0.29, 0.717) is 0 Å². The molecule has 0 heterocycles. The summed E-state index contributed by atoms with van der Waals surface area (Å²) in [5.74, 6) is 4.94. The van der Waals surface area contributed by atoms with Gasteiger partial charge >= 0.3 is 19.5 Å². The van der Waals surface area contributed by atoms with E-state index < -0.39 is 15.8 Å². The van der Waals surface area contributed by atoms with Gasteiger partial charge in [0.25, 0.3) is 0 Å². The molecule has 5 radical (unpaired) electrons. The van der Waals surface area contributed by atoms with Crippen molar-refractivity contribution in [3.8, 4) is 5.92 Å².